The molecule has 3 aromatic rings. The molecule has 0 saturated carbocycles. The van der Waals surface area contributed by atoms with Gasteiger partial charge in [0.2, 0.25) is 0 Å². The Labute approximate surface area is 181 Å². The molecule has 1 aliphatic rings. The van der Waals surface area contributed by atoms with Crippen LogP contribution in [0.15, 0.2) is 29.1 Å². The number of benzene rings is 1. The van der Waals surface area contributed by atoms with Gasteiger partial charge >= 0.3 is 0 Å². The molecule has 1 aliphatic heterocycles. The number of aromatic amines is 1. The second-order valence-corrected chi connectivity index (χ2v) is 7.84. The van der Waals surface area contributed by atoms with Crippen LogP contribution in [0.5, 0.6) is 5.75 Å². The minimum Gasteiger partial charge on any atom is -0.494 e. The Hall–Kier alpha value is -2.78. The van der Waals surface area contributed by atoms with Crippen molar-refractivity contribution in [3.05, 3.63) is 46.0 Å². The van der Waals surface area contributed by atoms with Crippen LogP contribution in [0.25, 0.3) is 10.9 Å². The second kappa shape index (κ2) is 10.0. The zero-order chi connectivity index (χ0) is 21.6. The van der Waals surface area contributed by atoms with Crippen LogP contribution in [0.4, 0.5) is 0 Å². The van der Waals surface area contributed by atoms with Crippen molar-refractivity contribution < 1.29 is 9.47 Å². The highest BCUT2D eigenvalue weighted by Crippen LogP contribution is 2.29. The Bertz CT molecular complexity index is 1050. The third-order valence-electron chi connectivity index (χ3n) is 5.77. The monoisotopic (exact) mass is 426 g/mol. The minimum atomic E-state index is -0.325. The summed E-state index contributed by atoms with van der Waals surface area (Å²) in [7, 11) is 1.65. The zero-order valence-corrected chi connectivity index (χ0v) is 18.2. The lowest BCUT2D eigenvalue weighted by Crippen LogP contribution is -2.36. The van der Waals surface area contributed by atoms with E-state index in [1.165, 1.54) is 12.8 Å². The van der Waals surface area contributed by atoms with Gasteiger partial charge in [-0.05, 0) is 67.5 Å². The molecular formula is C22H30N6O3. The Morgan fingerprint density at radius 3 is 2.71 bits per heavy atom. The van der Waals surface area contributed by atoms with Gasteiger partial charge in [0, 0.05) is 23.6 Å². The van der Waals surface area contributed by atoms with E-state index in [2.05, 4.69) is 25.4 Å². The van der Waals surface area contributed by atoms with Crippen LogP contribution >= 0.6 is 0 Å². The van der Waals surface area contributed by atoms with E-state index >= 15 is 0 Å². The van der Waals surface area contributed by atoms with Gasteiger partial charge in [0.25, 0.3) is 5.56 Å². The van der Waals surface area contributed by atoms with Crippen LogP contribution in [-0.2, 0) is 11.3 Å². The highest BCUT2D eigenvalue weighted by molar-refractivity contribution is 5.80. The van der Waals surface area contributed by atoms with E-state index in [0.717, 1.165) is 42.6 Å². The maximum Gasteiger partial charge on any atom is 0.253 e. The molecule has 9 nitrogen and oxygen atoms in total. The number of pyridine rings is 1. The molecule has 0 aliphatic carbocycles. The van der Waals surface area contributed by atoms with Gasteiger partial charge in [-0.25, -0.2) is 4.68 Å². The van der Waals surface area contributed by atoms with Crippen molar-refractivity contribution >= 4 is 10.9 Å². The molecule has 31 heavy (non-hydrogen) atoms. The average Bonchev–Trinajstić information content (AvgIpc) is 3.06. The fraction of sp³-hybridized carbons (Fsp3) is 0.545. The van der Waals surface area contributed by atoms with Gasteiger partial charge in [0.05, 0.1) is 19.8 Å². The van der Waals surface area contributed by atoms with Crippen LogP contribution < -0.4 is 10.3 Å². The summed E-state index contributed by atoms with van der Waals surface area (Å²) in [5.74, 6) is 1.45. The summed E-state index contributed by atoms with van der Waals surface area (Å²) in [4.78, 5) is 18.6. The lowest BCUT2D eigenvalue weighted by Gasteiger charge is -2.29. The Morgan fingerprint density at radius 1 is 1.16 bits per heavy atom. The Morgan fingerprint density at radius 2 is 1.97 bits per heavy atom. The number of ether oxygens (including phenoxy) is 2. The topological polar surface area (TPSA) is 98.2 Å². The van der Waals surface area contributed by atoms with Gasteiger partial charge < -0.3 is 14.5 Å². The van der Waals surface area contributed by atoms with Crippen molar-refractivity contribution in [3.8, 4) is 5.75 Å². The van der Waals surface area contributed by atoms with Crippen LogP contribution in [0.2, 0.25) is 0 Å². The van der Waals surface area contributed by atoms with Crippen molar-refractivity contribution in [3.63, 3.8) is 0 Å². The van der Waals surface area contributed by atoms with Crippen molar-refractivity contribution in [1.82, 2.24) is 30.1 Å². The standard InChI is InChI=1S/C22H30N6O3/c1-3-31-17-8-9-19-16(14-17)15-18(22(29)23-19)20(27-10-6-4-5-7-11-27)21-24-25-26-28(21)12-13-30-2/h8-9,14-15,20H,3-7,10-13H2,1-2H3,(H,23,29)/t20-/m0/s1. The van der Waals surface area contributed by atoms with Gasteiger partial charge in [-0.15, -0.1) is 5.10 Å². The van der Waals surface area contributed by atoms with E-state index in [0.29, 0.717) is 31.1 Å². The average molecular weight is 427 g/mol. The molecule has 166 valence electrons. The third-order valence-corrected chi connectivity index (χ3v) is 5.77. The zero-order valence-electron chi connectivity index (χ0n) is 18.2. The van der Waals surface area contributed by atoms with Crippen LogP contribution in [0.1, 0.15) is 50.0 Å². The molecule has 0 bridgehead atoms. The van der Waals surface area contributed by atoms with Crippen molar-refractivity contribution in [1.29, 1.82) is 0 Å². The predicted molar refractivity (Wildman–Crippen MR) is 117 cm³/mol. The van der Waals surface area contributed by atoms with Gasteiger partial charge in [0.1, 0.15) is 11.8 Å². The van der Waals surface area contributed by atoms with E-state index in [1.807, 2.05) is 31.2 Å². The summed E-state index contributed by atoms with van der Waals surface area (Å²) in [6, 6.07) is 7.36. The molecule has 0 amide bonds. The first-order valence-corrected chi connectivity index (χ1v) is 11.0. The summed E-state index contributed by atoms with van der Waals surface area (Å²) in [6.45, 7) is 5.38. The summed E-state index contributed by atoms with van der Waals surface area (Å²) < 4.78 is 12.6. The van der Waals surface area contributed by atoms with E-state index in [4.69, 9.17) is 9.47 Å². The first-order chi connectivity index (χ1) is 15.2. The van der Waals surface area contributed by atoms with Gasteiger partial charge in [0.15, 0.2) is 5.82 Å². The smallest absolute Gasteiger partial charge is 0.253 e. The molecule has 0 spiro atoms. The maximum atomic E-state index is 13.2. The number of methoxy groups -OCH3 is 1. The summed E-state index contributed by atoms with van der Waals surface area (Å²) >= 11 is 0. The van der Waals surface area contributed by atoms with Crippen LogP contribution in [0, 0.1) is 0 Å². The van der Waals surface area contributed by atoms with Gasteiger partial charge in [-0.3, -0.25) is 9.69 Å². The fourth-order valence-electron chi connectivity index (χ4n) is 4.26. The van der Waals surface area contributed by atoms with Crippen molar-refractivity contribution in [2.75, 3.05) is 33.4 Å². The van der Waals surface area contributed by atoms with E-state index in [-0.39, 0.29) is 11.6 Å². The molecule has 1 saturated heterocycles. The number of aromatic nitrogens is 5. The minimum absolute atomic E-state index is 0.118. The van der Waals surface area contributed by atoms with Crippen LogP contribution in [0.3, 0.4) is 0 Å². The number of hydrogen-bond donors (Lipinski definition) is 1. The van der Waals surface area contributed by atoms with Gasteiger partial charge in [-0.1, -0.05) is 12.8 Å². The fourth-order valence-corrected chi connectivity index (χ4v) is 4.26. The number of H-pyrrole nitrogens is 1. The Kier molecular flexibility index (Phi) is 6.93. The van der Waals surface area contributed by atoms with Crippen molar-refractivity contribution in [2.45, 2.75) is 45.2 Å². The lowest BCUT2D eigenvalue weighted by molar-refractivity contribution is 0.175. The number of nitrogens with one attached hydrogen (secondary N) is 1. The van der Waals surface area contributed by atoms with E-state index < -0.39 is 0 Å². The number of nitrogens with zero attached hydrogens (tertiary/aromatic N) is 5. The quantitative estimate of drug-likeness (QED) is 0.591. The number of likely N-dealkylation sites (tertiary alicyclic amines) is 1. The molecule has 4 rings (SSSR count). The number of tetrazole rings is 1. The summed E-state index contributed by atoms with van der Waals surface area (Å²) in [6.07, 6.45) is 4.58. The highest BCUT2D eigenvalue weighted by atomic mass is 16.5. The largest absolute Gasteiger partial charge is 0.494 e. The maximum absolute atomic E-state index is 13.2. The number of fused-ring (bicyclic) bond motifs is 1. The highest BCUT2D eigenvalue weighted by Gasteiger charge is 2.30. The lowest BCUT2D eigenvalue weighted by atomic mass is 10.0. The van der Waals surface area contributed by atoms with E-state index in [1.54, 1.807) is 11.8 Å². The summed E-state index contributed by atoms with van der Waals surface area (Å²) in [5.41, 5.74) is 1.31. The molecular weight excluding hydrogens is 396 g/mol. The van der Waals surface area contributed by atoms with Crippen molar-refractivity contribution in [2.24, 2.45) is 0 Å². The molecule has 1 N–H and O–H groups in total. The first-order valence-electron chi connectivity index (χ1n) is 11.0. The Balaban J connectivity index is 1.82. The number of rotatable bonds is 8. The molecule has 1 aromatic carbocycles. The van der Waals surface area contributed by atoms with Gasteiger partial charge in [-0.2, -0.15) is 0 Å². The molecule has 9 heteroatoms. The second-order valence-electron chi connectivity index (χ2n) is 7.84. The SMILES string of the molecule is CCOc1ccc2[nH]c(=O)c([C@@H](c3nnnn3CCOC)N3CCCCCC3)cc2c1. The molecule has 3 heterocycles. The normalized spacial score (nSPS) is 16.3. The van der Waals surface area contributed by atoms with E-state index in [9.17, 15) is 4.79 Å². The first kappa shape index (κ1) is 21.5. The molecule has 1 atom stereocenters. The summed E-state index contributed by atoms with van der Waals surface area (Å²) in [5, 5.41) is 13.4. The van der Waals surface area contributed by atoms with Crippen LogP contribution in [-0.4, -0.2) is 63.5 Å². The molecule has 1 fully saturated rings. The molecule has 0 unspecified atom stereocenters. The molecule has 2 aromatic heterocycles. The predicted octanol–water partition coefficient (Wildman–Crippen LogP) is 2.53. The third kappa shape index (κ3) is 4.77. The number of hydrogen-bond acceptors (Lipinski definition) is 7. The molecule has 0 radical (unpaired) electrons.